The topological polar surface area (TPSA) is 12.0 Å². The van der Waals surface area contributed by atoms with Crippen LogP contribution in [0.25, 0.3) is 0 Å². The van der Waals surface area contributed by atoms with Gasteiger partial charge in [-0.15, -0.1) is 0 Å². The van der Waals surface area contributed by atoms with E-state index in [1.807, 2.05) is 0 Å². The van der Waals surface area contributed by atoms with E-state index >= 15 is 0 Å². The Balaban J connectivity index is 1.65. The highest BCUT2D eigenvalue weighted by molar-refractivity contribution is 7.07. The minimum absolute atomic E-state index is 0.635. The van der Waals surface area contributed by atoms with Crippen LogP contribution in [0, 0.1) is 6.92 Å². The minimum Gasteiger partial charge on any atom is -0.313 e. The van der Waals surface area contributed by atoms with Gasteiger partial charge in [-0.2, -0.15) is 11.3 Å². The monoisotopic (exact) mass is 285 g/mol. The first kappa shape index (κ1) is 13.8. The van der Waals surface area contributed by atoms with Crippen LogP contribution in [-0.2, 0) is 6.42 Å². The molecule has 1 atom stereocenters. The van der Waals surface area contributed by atoms with Crippen molar-refractivity contribution in [3.05, 3.63) is 57.8 Å². The van der Waals surface area contributed by atoms with Crippen LogP contribution in [0.1, 0.15) is 41.9 Å². The highest BCUT2D eigenvalue weighted by atomic mass is 32.1. The largest absolute Gasteiger partial charge is 0.313 e. The molecular weight excluding hydrogens is 262 g/mol. The lowest BCUT2D eigenvalue weighted by Crippen LogP contribution is -2.24. The van der Waals surface area contributed by atoms with E-state index in [0.29, 0.717) is 5.92 Å². The Kier molecular flexibility index (Phi) is 4.54. The van der Waals surface area contributed by atoms with Crippen LogP contribution >= 0.6 is 11.3 Å². The molecule has 1 saturated carbocycles. The highest BCUT2D eigenvalue weighted by Gasteiger charge is 2.22. The van der Waals surface area contributed by atoms with E-state index < -0.39 is 0 Å². The first-order chi connectivity index (χ1) is 9.81. The second kappa shape index (κ2) is 6.55. The third-order valence-corrected chi connectivity index (χ3v) is 4.84. The summed E-state index contributed by atoms with van der Waals surface area (Å²) in [7, 11) is 0. The number of benzene rings is 1. The number of nitrogens with one attached hydrogen (secondary N) is 1. The summed E-state index contributed by atoms with van der Waals surface area (Å²) in [5, 5.41) is 8.17. The average Bonchev–Trinajstić information content (AvgIpc) is 3.13. The average molecular weight is 285 g/mol. The van der Waals surface area contributed by atoms with E-state index in [0.717, 1.165) is 12.6 Å². The Labute approximate surface area is 126 Å². The molecule has 0 saturated heterocycles. The van der Waals surface area contributed by atoms with Crippen LogP contribution in [0.5, 0.6) is 0 Å². The van der Waals surface area contributed by atoms with Crippen LogP contribution in [0.15, 0.2) is 41.1 Å². The van der Waals surface area contributed by atoms with Crippen molar-refractivity contribution < 1.29 is 0 Å². The number of rotatable bonds is 7. The molecule has 0 bridgehead atoms. The Morgan fingerprint density at radius 1 is 1.30 bits per heavy atom. The summed E-state index contributed by atoms with van der Waals surface area (Å²) in [4.78, 5) is 0. The minimum atomic E-state index is 0.635. The molecule has 2 aromatic rings. The van der Waals surface area contributed by atoms with E-state index in [-0.39, 0.29) is 0 Å². The maximum absolute atomic E-state index is 3.71. The molecule has 1 aliphatic carbocycles. The summed E-state index contributed by atoms with van der Waals surface area (Å²) in [5.74, 6) is 0.635. The van der Waals surface area contributed by atoms with Crippen molar-refractivity contribution in [1.29, 1.82) is 0 Å². The number of hydrogen-bond donors (Lipinski definition) is 1. The molecule has 1 nitrogen and oxygen atoms in total. The number of hydrogen-bond acceptors (Lipinski definition) is 2. The third-order valence-electron chi connectivity index (χ3n) is 4.11. The quantitative estimate of drug-likeness (QED) is 0.788. The maximum atomic E-state index is 3.71. The van der Waals surface area contributed by atoms with Gasteiger partial charge in [0.1, 0.15) is 0 Å². The summed E-state index contributed by atoms with van der Waals surface area (Å²) < 4.78 is 0. The zero-order valence-electron chi connectivity index (χ0n) is 12.1. The summed E-state index contributed by atoms with van der Waals surface area (Å²) in [6.07, 6.45) is 5.16. The molecule has 1 unspecified atom stereocenters. The lowest BCUT2D eigenvalue weighted by molar-refractivity contribution is 0.548. The molecule has 106 valence electrons. The van der Waals surface area contributed by atoms with Crippen LogP contribution in [0.2, 0.25) is 0 Å². The molecule has 1 aromatic heterocycles. The van der Waals surface area contributed by atoms with Crippen LogP contribution in [-0.4, -0.2) is 12.6 Å². The summed E-state index contributed by atoms with van der Waals surface area (Å²) in [6.45, 7) is 3.31. The van der Waals surface area contributed by atoms with Crippen molar-refractivity contribution in [2.24, 2.45) is 0 Å². The van der Waals surface area contributed by atoms with Gasteiger partial charge in [-0.1, -0.05) is 29.8 Å². The summed E-state index contributed by atoms with van der Waals surface area (Å²) in [5.41, 5.74) is 4.35. The smallest absolute Gasteiger partial charge is 0.00684 e. The third kappa shape index (κ3) is 3.94. The van der Waals surface area contributed by atoms with Gasteiger partial charge in [0.25, 0.3) is 0 Å². The number of aryl methyl sites for hydroxylation is 2. The van der Waals surface area contributed by atoms with Crippen molar-refractivity contribution in [2.45, 2.75) is 44.6 Å². The fraction of sp³-hybridized carbons (Fsp3) is 0.444. The van der Waals surface area contributed by atoms with Crippen LogP contribution in [0.3, 0.4) is 0 Å². The number of thiophene rings is 1. The molecule has 1 fully saturated rings. The lowest BCUT2D eigenvalue weighted by atomic mass is 9.92. The molecule has 0 spiro atoms. The fourth-order valence-corrected chi connectivity index (χ4v) is 3.39. The molecule has 1 aliphatic rings. The predicted octanol–water partition coefficient (Wildman–Crippen LogP) is 4.52. The summed E-state index contributed by atoms with van der Waals surface area (Å²) in [6, 6.07) is 12.1. The first-order valence-corrected chi connectivity index (χ1v) is 8.56. The fourth-order valence-electron chi connectivity index (χ4n) is 2.68. The Morgan fingerprint density at radius 2 is 2.20 bits per heavy atom. The van der Waals surface area contributed by atoms with Gasteiger partial charge < -0.3 is 5.32 Å². The molecule has 20 heavy (non-hydrogen) atoms. The second-order valence-electron chi connectivity index (χ2n) is 5.96. The van der Waals surface area contributed by atoms with Gasteiger partial charge in [0, 0.05) is 12.6 Å². The van der Waals surface area contributed by atoms with Crippen LogP contribution < -0.4 is 5.32 Å². The molecule has 0 aliphatic heterocycles. The molecule has 0 amide bonds. The van der Waals surface area contributed by atoms with Gasteiger partial charge in [-0.3, -0.25) is 0 Å². The Bertz CT molecular complexity index is 528. The molecule has 3 rings (SSSR count). The molecule has 2 heteroatoms. The first-order valence-electron chi connectivity index (χ1n) is 7.62. The molecule has 1 aromatic carbocycles. The maximum Gasteiger partial charge on any atom is 0.00684 e. The van der Waals surface area contributed by atoms with Gasteiger partial charge in [-0.25, -0.2) is 0 Å². The van der Waals surface area contributed by atoms with Gasteiger partial charge in [0.2, 0.25) is 0 Å². The highest BCUT2D eigenvalue weighted by Crippen LogP contribution is 2.25. The van der Waals surface area contributed by atoms with Gasteiger partial charge in [-0.05, 0) is 66.5 Å². The molecule has 0 radical (unpaired) electrons. The van der Waals surface area contributed by atoms with Gasteiger partial charge in [0.05, 0.1) is 0 Å². The molecule has 1 heterocycles. The zero-order chi connectivity index (χ0) is 13.8. The van der Waals surface area contributed by atoms with E-state index in [1.54, 1.807) is 11.3 Å². The second-order valence-corrected chi connectivity index (χ2v) is 6.74. The van der Waals surface area contributed by atoms with E-state index in [9.17, 15) is 0 Å². The van der Waals surface area contributed by atoms with Crippen molar-refractivity contribution in [1.82, 2.24) is 5.32 Å². The lowest BCUT2D eigenvalue weighted by Gasteiger charge is -2.18. The zero-order valence-corrected chi connectivity index (χ0v) is 13.0. The van der Waals surface area contributed by atoms with Crippen LogP contribution in [0.4, 0.5) is 0 Å². The van der Waals surface area contributed by atoms with Crippen molar-refractivity contribution in [2.75, 3.05) is 6.54 Å². The Hall–Kier alpha value is -1.12. The van der Waals surface area contributed by atoms with E-state index in [2.05, 4.69) is 53.3 Å². The van der Waals surface area contributed by atoms with E-state index in [4.69, 9.17) is 0 Å². The molecular formula is C18H23NS. The Morgan fingerprint density at radius 3 is 2.90 bits per heavy atom. The van der Waals surface area contributed by atoms with Crippen molar-refractivity contribution in [3.8, 4) is 0 Å². The van der Waals surface area contributed by atoms with Gasteiger partial charge >= 0.3 is 0 Å². The normalized spacial score (nSPS) is 16.2. The van der Waals surface area contributed by atoms with Crippen molar-refractivity contribution in [3.63, 3.8) is 0 Å². The summed E-state index contributed by atoms with van der Waals surface area (Å²) >= 11 is 1.80. The van der Waals surface area contributed by atoms with E-state index in [1.165, 1.54) is 42.4 Å². The van der Waals surface area contributed by atoms with Gasteiger partial charge in [0.15, 0.2) is 0 Å². The standard InChI is InChI=1S/C18H23NS/c1-14-3-2-4-16(11-14)17(12-19-18-7-8-18)6-5-15-9-10-20-13-15/h2-4,9-11,13,17-19H,5-8,12H2,1H3. The SMILES string of the molecule is Cc1cccc(C(CCc2ccsc2)CNC2CC2)c1. The molecule has 1 N–H and O–H groups in total. The van der Waals surface area contributed by atoms with Crippen molar-refractivity contribution >= 4 is 11.3 Å². The predicted molar refractivity (Wildman–Crippen MR) is 87.6 cm³/mol.